The van der Waals surface area contributed by atoms with E-state index in [1.165, 1.54) is 25.7 Å². The van der Waals surface area contributed by atoms with Crippen molar-refractivity contribution in [2.45, 2.75) is 63.6 Å². The Morgan fingerprint density at radius 2 is 1.33 bits per heavy atom. The Morgan fingerprint density at radius 3 is 1.78 bits per heavy atom. The monoisotopic (exact) mass is 388 g/mol. The maximum Gasteiger partial charge on any atom is 0.573 e. The summed E-state index contributed by atoms with van der Waals surface area (Å²) in [5.41, 5.74) is 0.424. The maximum atomic E-state index is 14.0. The summed E-state index contributed by atoms with van der Waals surface area (Å²) in [5.74, 6) is -2.03. The summed E-state index contributed by atoms with van der Waals surface area (Å²) in [4.78, 5) is 0. The lowest BCUT2D eigenvalue weighted by molar-refractivity contribution is -0.276. The number of hydrogen-bond acceptors (Lipinski definition) is 1. The van der Waals surface area contributed by atoms with E-state index in [1.807, 2.05) is 6.08 Å². The Labute approximate surface area is 156 Å². The van der Waals surface area contributed by atoms with Crippen LogP contribution in [0.15, 0.2) is 24.8 Å². The smallest absolute Gasteiger partial charge is 0.399 e. The minimum atomic E-state index is -5.12. The Morgan fingerprint density at radius 1 is 0.852 bits per heavy atom. The molecular formula is C21H25F5O. The molecule has 6 heteroatoms. The first kappa shape index (κ1) is 20.2. The maximum absolute atomic E-state index is 14.0. The van der Waals surface area contributed by atoms with Gasteiger partial charge >= 0.3 is 6.36 Å². The van der Waals surface area contributed by atoms with Crippen molar-refractivity contribution in [1.82, 2.24) is 0 Å². The van der Waals surface area contributed by atoms with E-state index in [0.29, 0.717) is 23.3 Å². The van der Waals surface area contributed by atoms with Crippen molar-refractivity contribution >= 4 is 0 Å². The van der Waals surface area contributed by atoms with Crippen molar-refractivity contribution < 1.29 is 26.7 Å². The van der Waals surface area contributed by atoms with Gasteiger partial charge in [0, 0.05) is 0 Å². The first-order valence-corrected chi connectivity index (χ1v) is 9.64. The topological polar surface area (TPSA) is 9.23 Å². The SMILES string of the molecule is C=CC1CCC(C2CCC(c3cc(F)c(OC(F)(F)F)c(F)c3)CC2)CC1. The molecule has 2 aliphatic carbocycles. The van der Waals surface area contributed by atoms with Crippen molar-refractivity contribution in [3.8, 4) is 5.75 Å². The van der Waals surface area contributed by atoms with E-state index >= 15 is 0 Å². The fourth-order valence-corrected chi connectivity index (χ4v) is 4.80. The molecule has 0 heterocycles. The highest BCUT2D eigenvalue weighted by molar-refractivity contribution is 5.33. The molecular weight excluding hydrogens is 363 g/mol. The predicted octanol–water partition coefficient (Wildman–Crippen LogP) is 7.13. The lowest BCUT2D eigenvalue weighted by Gasteiger charge is -2.37. The molecule has 0 amide bonds. The summed E-state index contributed by atoms with van der Waals surface area (Å²) in [7, 11) is 0. The molecule has 0 saturated heterocycles. The van der Waals surface area contributed by atoms with Crippen LogP contribution in [0.3, 0.4) is 0 Å². The highest BCUT2D eigenvalue weighted by Gasteiger charge is 2.35. The highest BCUT2D eigenvalue weighted by Crippen LogP contribution is 2.44. The molecule has 0 spiro atoms. The van der Waals surface area contributed by atoms with Crippen LogP contribution in [0.25, 0.3) is 0 Å². The molecule has 0 radical (unpaired) electrons. The molecule has 27 heavy (non-hydrogen) atoms. The van der Waals surface area contributed by atoms with E-state index in [1.54, 1.807) is 0 Å². The van der Waals surface area contributed by atoms with Crippen LogP contribution < -0.4 is 4.74 Å². The predicted molar refractivity (Wildman–Crippen MR) is 93.4 cm³/mol. The summed E-state index contributed by atoms with van der Waals surface area (Å²) >= 11 is 0. The number of rotatable bonds is 4. The zero-order valence-corrected chi connectivity index (χ0v) is 15.2. The van der Waals surface area contributed by atoms with Gasteiger partial charge in [-0.25, -0.2) is 8.78 Å². The van der Waals surface area contributed by atoms with Gasteiger partial charge in [0.05, 0.1) is 0 Å². The van der Waals surface area contributed by atoms with Crippen LogP contribution in [-0.2, 0) is 0 Å². The molecule has 3 rings (SSSR count). The van der Waals surface area contributed by atoms with Gasteiger partial charge in [0.1, 0.15) is 0 Å². The van der Waals surface area contributed by atoms with Crippen LogP contribution in [0.1, 0.15) is 62.8 Å². The minimum Gasteiger partial charge on any atom is -0.399 e. The highest BCUT2D eigenvalue weighted by atomic mass is 19.4. The van der Waals surface area contributed by atoms with Crippen LogP contribution in [0.5, 0.6) is 5.75 Å². The van der Waals surface area contributed by atoms with Gasteiger partial charge in [0.25, 0.3) is 0 Å². The summed E-state index contributed by atoms with van der Waals surface area (Å²) in [6.45, 7) is 3.87. The van der Waals surface area contributed by atoms with Crippen molar-refractivity contribution in [1.29, 1.82) is 0 Å². The van der Waals surface area contributed by atoms with Crippen LogP contribution in [0.2, 0.25) is 0 Å². The lowest BCUT2D eigenvalue weighted by Crippen LogP contribution is -2.25. The fourth-order valence-electron chi connectivity index (χ4n) is 4.80. The number of benzene rings is 1. The second kappa shape index (κ2) is 8.19. The van der Waals surface area contributed by atoms with Crippen molar-refractivity contribution in [2.24, 2.45) is 17.8 Å². The third kappa shape index (κ3) is 5.02. The Bertz CT molecular complexity index is 630. The standard InChI is InChI=1S/C21H25F5O/c1-2-13-3-5-14(6-4-13)15-7-9-16(10-8-15)17-11-18(22)20(19(23)12-17)27-21(24,25)26/h2,11-16H,1,3-10H2. The second-order valence-corrected chi connectivity index (χ2v) is 7.88. The largest absolute Gasteiger partial charge is 0.573 e. The summed E-state index contributed by atoms with van der Waals surface area (Å²) < 4.78 is 68.2. The Hall–Kier alpha value is -1.59. The molecule has 150 valence electrons. The van der Waals surface area contributed by atoms with Gasteiger partial charge in [-0.15, -0.1) is 19.8 Å². The van der Waals surface area contributed by atoms with E-state index < -0.39 is 23.7 Å². The first-order valence-electron chi connectivity index (χ1n) is 9.64. The van der Waals surface area contributed by atoms with Crippen molar-refractivity contribution in [3.63, 3.8) is 0 Å². The molecule has 0 aromatic heterocycles. The molecule has 0 atom stereocenters. The normalized spacial score (nSPS) is 29.4. The Balaban J connectivity index is 1.60. The lowest BCUT2D eigenvalue weighted by atomic mass is 9.68. The van der Waals surface area contributed by atoms with E-state index in [2.05, 4.69) is 11.3 Å². The van der Waals surface area contributed by atoms with E-state index in [9.17, 15) is 22.0 Å². The van der Waals surface area contributed by atoms with Gasteiger partial charge in [-0.1, -0.05) is 6.08 Å². The molecule has 1 aromatic carbocycles. The molecule has 0 unspecified atom stereocenters. The average Bonchev–Trinajstić information content (AvgIpc) is 2.64. The number of hydrogen-bond donors (Lipinski definition) is 0. The first-order chi connectivity index (χ1) is 12.8. The zero-order chi connectivity index (χ0) is 19.6. The Kier molecular flexibility index (Phi) is 6.11. The second-order valence-electron chi connectivity index (χ2n) is 7.88. The zero-order valence-electron chi connectivity index (χ0n) is 15.2. The van der Waals surface area contributed by atoms with Gasteiger partial charge in [-0.3, -0.25) is 0 Å². The molecule has 0 bridgehead atoms. The van der Waals surface area contributed by atoms with Gasteiger partial charge in [-0.05, 0) is 92.7 Å². The van der Waals surface area contributed by atoms with E-state index in [-0.39, 0.29) is 5.92 Å². The molecule has 1 nitrogen and oxygen atoms in total. The summed E-state index contributed by atoms with van der Waals surface area (Å²) in [6.07, 6.45) is 5.33. The van der Waals surface area contributed by atoms with E-state index in [4.69, 9.17) is 0 Å². The number of ether oxygens (including phenoxy) is 1. The number of alkyl halides is 3. The van der Waals surface area contributed by atoms with Crippen LogP contribution in [-0.4, -0.2) is 6.36 Å². The third-order valence-electron chi connectivity index (χ3n) is 6.30. The summed E-state index contributed by atoms with van der Waals surface area (Å²) in [6, 6.07) is 1.98. The number of allylic oxidation sites excluding steroid dienone is 1. The van der Waals surface area contributed by atoms with Crippen molar-refractivity contribution in [2.75, 3.05) is 0 Å². The molecule has 1 aromatic rings. The molecule has 0 aliphatic heterocycles. The molecule has 2 fully saturated rings. The molecule has 0 N–H and O–H groups in total. The van der Waals surface area contributed by atoms with Crippen molar-refractivity contribution in [3.05, 3.63) is 42.0 Å². The van der Waals surface area contributed by atoms with E-state index in [0.717, 1.165) is 37.8 Å². The van der Waals surface area contributed by atoms with Gasteiger partial charge in [-0.2, -0.15) is 0 Å². The fraction of sp³-hybridized carbons (Fsp3) is 0.619. The minimum absolute atomic E-state index is 0.0188. The summed E-state index contributed by atoms with van der Waals surface area (Å²) in [5, 5.41) is 0. The average molecular weight is 388 g/mol. The third-order valence-corrected chi connectivity index (χ3v) is 6.30. The molecule has 2 aliphatic rings. The van der Waals surface area contributed by atoms with Gasteiger partial charge < -0.3 is 4.74 Å². The molecule has 2 saturated carbocycles. The number of halogens is 5. The van der Waals surface area contributed by atoms with Gasteiger partial charge in [0.15, 0.2) is 11.6 Å². The quantitative estimate of drug-likeness (QED) is 0.394. The van der Waals surface area contributed by atoms with Crippen LogP contribution in [0, 0.1) is 29.4 Å². The van der Waals surface area contributed by atoms with Crippen LogP contribution in [0.4, 0.5) is 22.0 Å². The van der Waals surface area contributed by atoms with Crippen LogP contribution >= 0.6 is 0 Å². The van der Waals surface area contributed by atoms with Gasteiger partial charge in [0.2, 0.25) is 5.75 Å².